The van der Waals surface area contributed by atoms with Gasteiger partial charge >= 0.3 is 19.4 Å². The SMILES string of the molecule is [C-]#[N+][C@]1(COP(=O)(N[C@@H](C)C(=O)OCCCOCCCCCCCCCCCCCCCC)Oc2ccccc2)O[C@@H](c2ccc3c(N)ncnn23)[C@H](O)[C@@H]1O. The summed E-state index contributed by atoms with van der Waals surface area (Å²) >= 11 is 0. The number of aliphatic hydroxyl groups excluding tert-OH is 2. The number of aliphatic hydroxyl groups is 2. The van der Waals surface area contributed by atoms with Crippen LogP contribution < -0.4 is 15.3 Å². The molecule has 3 aromatic rings. The number of fused-ring (bicyclic) bond motifs is 1. The first-order chi connectivity index (χ1) is 27.1. The Bertz CT molecular complexity index is 1690. The number of unbranched alkanes of at least 4 members (excludes halogenated alkanes) is 13. The summed E-state index contributed by atoms with van der Waals surface area (Å²) in [5.41, 5.74) is 4.46. The van der Waals surface area contributed by atoms with Crippen LogP contribution in [0.15, 0.2) is 48.8 Å². The Morgan fingerprint density at radius 1 is 0.964 bits per heavy atom. The van der Waals surface area contributed by atoms with Crippen molar-refractivity contribution < 1.29 is 42.8 Å². The Kier molecular flexibility index (Phi) is 19.0. The lowest BCUT2D eigenvalue weighted by Crippen LogP contribution is -2.45. The van der Waals surface area contributed by atoms with Crippen LogP contribution in [-0.4, -0.2) is 81.2 Å². The number of carbonyl (C=O) groups excluding carboxylic acids is 1. The van der Waals surface area contributed by atoms with E-state index in [0.29, 0.717) is 30.8 Å². The molecule has 1 fully saturated rings. The fourth-order valence-electron chi connectivity index (χ4n) is 6.60. The van der Waals surface area contributed by atoms with Gasteiger partial charge in [-0.2, -0.15) is 10.2 Å². The maximum Gasteiger partial charge on any atom is 0.459 e. The lowest BCUT2D eigenvalue weighted by molar-refractivity contribution is -0.145. The molecule has 16 heteroatoms. The Hall–Kier alpha value is -3.61. The molecule has 1 aliphatic heterocycles. The number of benzene rings is 1. The number of nitrogen functional groups attached to an aromatic ring is 1. The zero-order valence-electron chi connectivity index (χ0n) is 32.9. The first kappa shape index (κ1) is 45.1. The molecule has 3 heterocycles. The largest absolute Gasteiger partial charge is 0.464 e. The maximum absolute atomic E-state index is 14.2. The quantitative estimate of drug-likeness (QED) is 0.0247. The highest BCUT2D eigenvalue weighted by atomic mass is 31.2. The second kappa shape index (κ2) is 23.6. The molecule has 1 aliphatic rings. The first-order valence-corrected chi connectivity index (χ1v) is 21.7. The van der Waals surface area contributed by atoms with Crippen LogP contribution in [0.25, 0.3) is 10.4 Å². The third kappa shape index (κ3) is 13.5. The van der Waals surface area contributed by atoms with E-state index in [9.17, 15) is 19.6 Å². The van der Waals surface area contributed by atoms with Gasteiger partial charge in [0.1, 0.15) is 35.8 Å². The van der Waals surface area contributed by atoms with Crippen molar-refractivity contribution in [2.45, 2.75) is 140 Å². The number of hydrogen-bond acceptors (Lipinski definition) is 12. The van der Waals surface area contributed by atoms with E-state index in [1.807, 2.05) is 0 Å². The van der Waals surface area contributed by atoms with Gasteiger partial charge in [-0.25, -0.2) is 20.6 Å². The molecule has 1 unspecified atom stereocenters. The zero-order chi connectivity index (χ0) is 40.2. The predicted octanol–water partition coefficient (Wildman–Crippen LogP) is 7.33. The second-order valence-corrected chi connectivity index (χ2v) is 16.1. The minimum atomic E-state index is -4.44. The highest BCUT2D eigenvalue weighted by Gasteiger charge is 2.62. The average Bonchev–Trinajstić information content (AvgIpc) is 3.74. The Morgan fingerprint density at radius 3 is 2.23 bits per heavy atom. The summed E-state index contributed by atoms with van der Waals surface area (Å²) in [6, 6.07) is 10.2. The minimum Gasteiger partial charge on any atom is -0.464 e. The van der Waals surface area contributed by atoms with Gasteiger partial charge in [0.25, 0.3) is 0 Å². The van der Waals surface area contributed by atoms with E-state index in [-0.39, 0.29) is 18.2 Å². The summed E-state index contributed by atoms with van der Waals surface area (Å²) in [5.74, 6) is -0.369. The predicted molar refractivity (Wildman–Crippen MR) is 213 cm³/mol. The third-order valence-corrected chi connectivity index (χ3v) is 11.5. The molecule has 0 radical (unpaired) electrons. The molecule has 0 bridgehead atoms. The molecule has 0 spiro atoms. The number of anilines is 1. The number of hydrogen-bond donors (Lipinski definition) is 4. The van der Waals surface area contributed by atoms with Crippen LogP contribution in [0, 0.1) is 6.57 Å². The van der Waals surface area contributed by atoms with Gasteiger partial charge in [-0.05, 0) is 37.6 Å². The number of nitrogens with two attached hydrogens (primary N) is 1. The van der Waals surface area contributed by atoms with E-state index in [1.54, 1.807) is 30.3 Å². The normalized spacial score (nSPS) is 21.1. The summed E-state index contributed by atoms with van der Waals surface area (Å²) in [6.45, 7) is 12.0. The number of aromatic nitrogens is 3. The summed E-state index contributed by atoms with van der Waals surface area (Å²) in [4.78, 5) is 20.3. The van der Waals surface area contributed by atoms with Crippen LogP contribution in [0.2, 0.25) is 0 Å². The molecule has 0 aliphatic carbocycles. The van der Waals surface area contributed by atoms with E-state index in [4.69, 9.17) is 35.6 Å². The molecule has 0 saturated carbocycles. The van der Waals surface area contributed by atoms with Crippen molar-refractivity contribution in [3.05, 3.63) is 65.9 Å². The number of ether oxygens (including phenoxy) is 3. The highest BCUT2D eigenvalue weighted by molar-refractivity contribution is 7.52. The van der Waals surface area contributed by atoms with Crippen LogP contribution in [0.5, 0.6) is 5.75 Å². The van der Waals surface area contributed by atoms with Crippen molar-refractivity contribution in [1.29, 1.82) is 0 Å². The molecule has 310 valence electrons. The van der Waals surface area contributed by atoms with Gasteiger partial charge in [0.05, 0.1) is 12.3 Å². The van der Waals surface area contributed by atoms with E-state index >= 15 is 0 Å². The maximum atomic E-state index is 14.2. The van der Waals surface area contributed by atoms with E-state index < -0.39 is 50.4 Å². The van der Waals surface area contributed by atoms with Gasteiger partial charge < -0.3 is 29.9 Å². The van der Waals surface area contributed by atoms with Crippen LogP contribution >= 0.6 is 7.75 Å². The van der Waals surface area contributed by atoms with E-state index in [0.717, 1.165) is 12.8 Å². The molecule has 4 rings (SSSR count). The smallest absolute Gasteiger partial charge is 0.459 e. The summed E-state index contributed by atoms with van der Waals surface area (Å²) in [6.07, 6.45) is 15.3. The van der Waals surface area contributed by atoms with Crippen molar-refractivity contribution >= 4 is 25.1 Å². The fraction of sp³-hybridized carbons (Fsp3) is 0.650. The molecule has 0 amide bonds. The van der Waals surface area contributed by atoms with Crippen LogP contribution in [0.3, 0.4) is 0 Å². The standard InChI is InChI=1S/C40H61N6O9P/c1-4-5-6-7-8-9-10-11-12-13-14-15-16-20-26-51-27-21-28-52-39(49)31(2)45-56(50,55-32-22-18-17-19-23-32)53-29-40(42-3)37(48)35(47)36(54-40)33-24-25-34-38(41)43-30-44-46(33)34/h17-19,22-25,30-31,35-37,47-48H,4-16,20-21,26-29H2,1-2H3,(H,45,50)(H2,41,43,44)/t31-,35-,36-,37-,40+,56?/m0/s1. The lowest BCUT2D eigenvalue weighted by atomic mass is 10.0. The van der Waals surface area contributed by atoms with Crippen molar-refractivity contribution in [2.24, 2.45) is 0 Å². The van der Waals surface area contributed by atoms with Crippen LogP contribution in [0.4, 0.5) is 5.82 Å². The second-order valence-electron chi connectivity index (χ2n) is 14.4. The van der Waals surface area contributed by atoms with Crippen molar-refractivity contribution in [3.8, 4) is 5.75 Å². The number of carbonyl (C=O) groups is 1. The van der Waals surface area contributed by atoms with Crippen molar-refractivity contribution in [2.75, 3.05) is 32.2 Å². The minimum absolute atomic E-state index is 0.0967. The van der Waals surface area contributed by atoms with Gasteiger partial charge in [0.2, 0.25) is 0 Å². The Balaban J connectivity index is 1.18. The van der Waals surface area contributed by atoms with Crippen LogP contribution in [0.1, 0.15) is 122 Å². The summed E-state index contributed by atoms with van der Waals surface area (Å²) < 4.78 is 44.0. The molecular weight excluding hydrogens is 739 g/mol. The third-order valence-electron chi connectivity index (χ3n) is 9.85. The van der Waals surface area contributed by atoms with Crippen molar-refractivity contribution in [1.82, 2.24) is 19.7 Å². The number of rotatable bonds is 28. The Labute approximate surface area is 331 Å². The van der Waals surface area contributed by atoms with Gasteiger partial charge in [0, 0.05) is 19.6 Å². The summed E-state index contributed by atoms with van der Waals surface area (Å²) in [7, 11) is -4.44. The average molecular weight is 801 g/mol. The molecule has 2 aromatic heterocycles. The van der Waals surface area contributed by atoms with Crippen LogP contribution in [-0.2, 0) is 28.1 Å². The van der Waals surface area contributed by atoms with Gasteiger partial charge in [-0.3, -0.25) is 18.9 Å². The zero-order valence-corrected chi connectivity index (χ0v) is 33.8. The Morgan fingerprint density at radius 2 is 1.59 bits per heavy atom. The van der Waals surface area contributed by atoms with Gasteiger partial charge in [-0.1, -0.05) is 109 Å². The molecule has 15 nitrogen and oxygen atoms in total. The molecule has 1 aromatic carbocycles. The first-order valence-electron chi connectivity index (χ1n) is 20.1. The molecule has 56 heavy (non-hydrogen) atoms. The monoisotopic (exact) mass is 800 g/mol. The van der Waals surface area contributed by atoms with E-state index in [1.165, 1.54) is 107 Å². The van der Waals surface area contributed by atoms with Gasteiger partial charge in [0.15, 0.2) is 18.5 Å². The molecule has 6 atom stereocenters. The highest BCUT2D eigenvalue weighted by Crippen LogP contribution is 2.49. The summed E-state index contributed by atoms with van der Waals surface area (Å²) in [5, 5.41) is 28.8. The van der Waals surface area contributed by atoms with E-state index in [2.05, 4.69) is 26.9 Å². The number of nitrogens with one attached hydrogen (secondary N) is 1. The molecule has 5 N–H and O–H groups in total. The number of para-hydroxylation sites is 1. The number of esters is 1. The lowest BCUT2D eigenvalue weighted by Gasteiger charge is -2.25. The molecular formula is C40H61N6O9P. The fourth-order valence-corrected chi connectivity index (χ4v) is 8.11. The van der Waals surface area contributed by atoms with Crippen molar-refractivity contribution in [3.63, 3.8) is 0 Å². The number of nitrogens with zero attached hydrogens (tertiary/aromatic N) is 4. The topological polar surface area (TPSA) is 193 Å². The van der Waals surface area contributed by atoms with Gasteiger partial charge in [-0.15, -0.1) is 0 Å². The molecule has 1 saturated heterocycles.